The molecule has 4 aliphatic heterocycles. The summed E-state index contributed by atoms with van der Waals surface area (Å²) in [6.07, 6.45) is 4.10. The molecule has 0 bridgehead atoms. The highest BCUT2D eigenvalue weighted by Gasteiger charge is 2.50. The van der Waals surface area contributed by atoms with Crippen molar-refractivity contribution in [2.45, 2.75) is 202 Å². The zero-order valence-electron chi connectivity index (χ0n) is 54.7. The van der Waals surface area contributed by atoms with Crippen molar-refractivity contribution in [2.24, 2.45) is 11.8 Å². The van der Waals surface area contributed by atoms with E-state index in [-0.39, 0.29) is 36.5 Å². The molecule has 30 nitrogen and oxygen atoms in total. The molecule has 2 aromatic heterocycles. The predicted octanol–water partition coefficient (Wildman–Crippen LogP) is 0.312. The Morgan fingerprint density at radius 1 is 0.701 bits per heavy atom. The van der Waals surface area contributed by atoms with Gasteiger partial charge < -0.3 is 80.6 Å². The number of phenols is 1. The van der Waals surface area contributed by atoms with Crippen LogP contribution >= 0.6 is 11.3 Å². The van der Waals surface area contributed by atoms with E-state index < -0.39 is 162 Å². The maximum Gasteiger partial charge on any atom is 0.446 e. The van der Waals surface area contributed by atoms with Gasteiger partial charge in [-0.1, -0.05) is 67.9 Å². The van der Waals surface area contributed by atoms with Crippen LogP contribution in [0.5, 0.6) is 11.5 Å². The van der Waals surface area contributed by atoms with Gasteiger partial charge in [0.2, 0.25) is 41.4 Å². The van der Waals surface area contributed by atoms with E-state index in [4.69, 9.17) is 14.7 Å². The maximum absolute atomic E-state index is 14.8. The number of rotatable bonds is 16. The van der Waals surface area contributed by atoms with Crippen LogP contribution in [0.15, 0.2) is 54.9 Å². The Hall–Kier alpha value is -7.11. The van der Waals surface area contributed by atoms with E-state index >= 15 is 0 Å². The number of benzene rings is 2. The molecule has 12 N–H and O–H groups in total. The zero-order chi connectivity index (χ0) is 69.6. The van der Waals surface area contributed by atoms with E-state index in [2.05, 4.69) is 40.5 Å². The summed E-state index contributed by atoms with van der Waals surface area (Å²) in [6.45, 7) is 4.61. The summed E-state index contributed by atoms with van der Waals surface area (Å²) in [6, 6.07) is 0.682. The van der Waals surface area contributed by atoms with E-state index in [1.54, 1.807) is 18.9 Å². The number of carbonyl (C=O) groups is 6. The summed E-state index contributed by atoms with van der Waals surface area (Å²) in [7, 11) is -3.52. The number of ether oxygens (including phenoxy) is 1. The fraction of sp³-hybridized carbons (Fsp3) is 0.631. The van der Waals surface area contributed by atoms with Crippen LogP contribution < -0.4 is 30.4 Å². The van der Waals surface area contributed by atoms with Crippen LogP contribution in [0.3, 0.4) is 0 Å². The number of likely N-dealkylation sites (N-methyl/N-ethyl adjacent to an activating group) is 1. The number of aliphatic hydroxyl groups is 6. The number of phenolic OH excluding ortho intramolecular Hbond substituents is 1. The van der Waals surface area contributed by atoms with E-state index in [1.807, 2.05) is 36.7 Å². The van der Waals surface area contributed by atoms with Crippen LogP contribution in [0.25, 0.3) is 21.7 Å². The molecule has 6 amide bonds. The molecule has 530 valence electrons. The van der Waals surface area contributed by atoms with Crippen LogP contribution in [0.4, 0.5) is 5.95 Å². The molecule has 13 atom stereocenters. The number of hydrogen-bond donors (Lipinski definition) is 12. The Morgan fingerprint density at radius 3 is 1.97 bits per heavy atom. The van der Waals surface area contributed by atoms with Crippen LogP contribution in [0, 0.1) is 11.8 Å². The number of aromatic nitrogens is 4. The Morgan fingerprint density at radius 2 is 1.32 bits per heavy atom. The molecule has 6 heterocycles. The van der Waals surface area contributed by atoms with Crippen LogP contribution in [-0.2, 0) is 50.3 Å². The first-order valence-electron chi connectivity index (χ1n) is 33.4. The summed E-state index contributed by atoms with van der Waals surface area (Å²) < 4.78 is 43.3. The van der Waals surface area contributed by atoms with Gasteiger partial charge in [-0.25, -0.2) is 9.97 Å². The topological polar surface area (TPSA) is 429 Å². The lowest BCUT2D eigenvalue weighted by Crippen LogP contribution is -2.64. The number of nitrogens with zero attached hydrogens (tertiary/aromatic N) is 8. The number of aromatic hydroxyl groups is 1. The second kappa shape index (κ2) is 31.8. The van der Waals surface area contributed by atoms with Crippen molar-refractivity contribution in [2.75, 3.05) is 51.2 Å². The number of piperidine rings is 1. The largest absolute Gasteiger partial charge is 0.504 e. The summed E-state index contributed by atoms with van der Waals surface area (Å²) in [5.74, 6) is -7.86. The third kappa shape index (κ3) is 18.0. The highest BCUT2D eigenvalue weighted by molar-refractivity contribution is 7.81. The number of fused-ring (bicyclic) bond motifs is 2. The van der Waals surface area contributed by atoms with Gasteiger partial charge in [-0.05, 0) is 108 Å². The standard InChI is InChI=1S/C65H90N12O18S2/c1-34-31-77-55(56(34)84)60(88)66-30-43(80)26-47(74(4)32-37-10-13-40(14-11-37)61-72-73-62(96-61)41-17-15-39(16-18-41)42-28-67-65(68-29-42)75-22-20-46(21-23-75)94-45-8-6-5-7-9-45)57(85)69-52(35(2)78)63(89)76-33-44(81)27-48(76)58(86)71-54(59(87)70-53(36(3)79)64(77)90)50(83)24-38-12-19-49(82)51(25-38)95-97(91,92)93/h12,15-19,25,28-29,34-37,40,43-48,50,52-56,78-84H,5-11,13-14,20-24,26-27,30-33H2,1-4H3,(H,66,88)(H,69,85)(H,70,87)(H,71,86)(H,91,92,93)/t34-,35+,36+,37?,40?,43+,44+,47-,48-,50+,52-,53-,54-,55-,56-/m0/s1. The van der Waals surface area contributed by atoms with Gasteiger partial charge in [-0.2, -0.15) is 8.42 Å². The van der Waals surface area contributed by atoms with Gasteiger partial charge in [0.25, 0.3) is 0 Å². The number of amides is 6. The molecular formula is C65H90N12O18S2. The molecular weight excluding hydrogens is 1300 g/mol. The average Bonchev–Trinajstić information content (AvgIpc) is 1.67. The Labute approximate surface area is 566 Å². The van der Waals surface area contributed by atoms with E-state index in [9.17, 15) is 77.5 Å². The number of nitrogens with one attached hydrogen (secondary N) is 4. The lowest BCUT2D eigenvalue weighted by atomic mass is 9.82. The van der Waals surface area contributed by atoms with Crippen molar-refractivity contribution in [3.63, 3.8) is 0 Å². The summed E-state index contributed by atoms with van der Waals surface area (Å²) in [5, 5.41) is 99.3. The first-order valence-corrected chi connectivity index (χ1v) is 35.6. The minimum Gasteiger partial charge on any atom is -0.504 e. The Balaban J connectivity index is 0.821. The molecule has 2 saturated carbocycles. The van der Waals surface area contributed by atoms with Crippen LogP contribution in [0.2, 0.25) is 0 Å². The summed E-state index contributed by atoms with van der Waals surface area (Å²) in [5.41, 5.74) is 2.73. The zero-order valence-corrected chi connectivity index (χ0v) is 56.3. The monoisotopic (exact) mass is 1390 g/mol. The normalized spacial score (nSPS) is 29.2. The number of aliphatic hydroxyl groups excluding tert-OH is 6. The molecule has 2 aliphatic carbocycles. The first-order chi connectivity index (χ1) is 46.2. The van der Waals surface area contributed by atoms with Crippen molar-refractivity contribution in [1.29, 1.82) is 0 Å². The van der Waals surface area contributed by atoms with Crippen molar-refractivity contribution in [3.05, 3.63) is 65.4 Å². The number of hydrogen-bond acceptors (Lipinski definition) is 24. The number of anilines is 1. The second-order valence-electron chi connectivity index (χ2n) is 27.0. The average molecular weight is 1390 g/mol. The molecule has 0 unspecified atom stereocenters. The second-order valence-corrected chi connectivity index (χ2v) is 29.0. The van der Waals surface area contributed by atoms with Crippen molar-refractivity contribution in [3.8, 4) is 33.2 Å². The SMILES string of the molecule is C[C@@H](O)[C@@H]1NC(=O)[C@H]([C@H](O)Cc2ccc(O)c(OS(=O)(=O)O)c2)NC(=O)[C@@H]2C[C@@H](O)CN2C(=O)[C@H]([C@@H](C)O)NC(=O)[C@@H](N(C)CC2CCC(c3nnc(-c4ccc(-c5cnc(N6CCC(OC7CCCCC7)CC6)nc5)cc4)s3)CC2)C[C@@H](O)CNC(=O)[C@@H]2[C@@H](O)[C@@H](C)CN2C1=O. The molecule has 97 heavy (non-hydrogen) atoms. The van der Waals surface area contributed by atoms with E-state index in [0.29, 0.717) is 31.4 Å². The molecule has 0 spiro atoms. The van der Waals surface area contributed by atoms with E-state index in [1.165, 1.54) is 43.6 Å². The first kappa shape index (κ1) is 72.6. The number of carbonyl (C=O) groups excluding carboxylic acids is 6. The molecule has 6 fully saturated rings. The third-order valence-corrected chi connectivity index (χ3v) is 21.2. The van der Waals surface area contributed by atoms with Crippen molar-refractivity contribution in [1.82, 2.24) is 56.1 Å². The van der Waals surface area contributed by atoms with Gasteiger partial charge in [-0.15, -0.1) is 10.2 Å². The van der Waals surface area contributed by atoms with Crippen LogP contribution in [0.1, 0.15) is 121 Å². The van der Waals surface area contributed by atoms with Gasteiger partial charge in [0.05, 0.1) is 54.9 Å². The third-order valence-electron chi connectivity index (χ3n) is 19.7. The van der Waals surface area contributed by atoms with Gasteiger partial charge in [0.15, 0.2) is 11.5 Å². The molecule has 0 radical (unpaired) electrons. The van der Waals surface area contributed by atoms with Gasteiger partial charge in [0.1, 0.15) is 40.2 Å². The smallest absolute Gasteiger partial charge is 0.446 e. The molecule has 4 aromatic rings. The lowest BCUT2D eigenvalue weighted by molar-refractivity contribution is -0.147. The predicted molar refractivity (Wildman–Crippen MR) is 350 cm³/mol. The summed E-state index contributed by atoms with van der Waals surface area (Å²) in [4.78, 5) is 103. The highest BCUT2D eigenvalue weighted by atomic mass is 32.3. The fourth-order valence-electron chi connectivity index (χ4n) is 14.2. The lowest BCUT2D eigenvalue weighted by Gasteiger charge is -2.36. The summed E-state index contributed by atoms with van der Waals surface area (Å²) >= 11 is 1.53. The minimum absolute atomic E-state index is 0.0209. The van der Waals surface area contributed by atoms with Crippen LogP contribution in [-0.4, -0.2) is 250 Å². The molecule has 4 saturated heterocycles. The quantitative estimate of drug-likeness (QED) is 0.0672. The van der Waals surface area contributed by atoms with E-state index in [0.717, 1.165) is 107 Å². The van der Waals surface area contributed by atoms with Gasteiger partial charge in [-0.3, -0.25) is 38.2 Å². The Bertz CT molecular complexity index is 3510. The van der Waals surface area contributed by atoms with Crippen molar-refractivity contribution >= 4 is 63.1 Å². The number of β-amino-alcohol motifs (C(OH)–C–C–N with tert-alkyl or cyclic N) is 1. The van der Waals surface area contributed by atoms with Crippen molar-refractivity contribution < 1.29 is 86.4 Å². The fourth-order valence-corrected chi connectivity index (χ4v) is 15.6. The maximum atomic E-state index is 14.8. The molecule has 32 heteroatoms. The Kier molecular flexibility index (Phi) is 23.8. The minimum atomic E-state index is -5.19. The molecule has 2 aromatic carbocycles. The molecule has 6 aliphatic rings. The highest BCUT2D eigenvalue weighted by Crippen LogP contribution is 2.40. The van der Waals surface area contributed by atoms with Gasteiger partial charge in [0, 0.05) is 87.5 Å². The van der Waals surface area contributed by atoms with Gasteiger partial charge >= 0.3 is 10.4 Å². The molecule has 10 rings (SSSR count).